The molecular formula is C11H20N2O3. The smallest absolute Gasteiger partial charge is 0.410 e. The van der Waals surface area contributed by atoms with Crippen LogP contribution in [0.25, 0.3) is 0 Å². The molecule has 5 heteroatoms. The van der Waals surface area contributed by atoms with Gasteiger partial charge in [0.25, 0.3) is 0 Å². The highest BCUT2D eigenvalue weighted by Crippen LogP contribution is 2.21. The molecule has 0 spiro atoms. The zero-order chi connectivity index (χ0) is 11.5. The zero-order valence-electron chi connectivity index (χ0n) is 9.76. The first-order valence-electron chi connectivity index (χ1n) is 5.93. The van der Waals surface area contributed by atoms with Gasteiger partial charge in [0.05, 0.1) is 12.6 Å². The third-order valence-electron chi connectivity index (χ3n) is 3.58. The lowest BCUT2D eigenvalue weighted by molar-refractivity contribution is 0.127. The van der Waals surface area contributed by atoms with Gasteiger partial charge in [0, 0.05) is 6.54 Å². The van der Waals surface area contributed by atoms with Gasteiger partial charge >= 0.3 is 6.09 Å². The highest BCUT2D eigenvalue weighted by molar-refractivity contribution is 5.70. The second-order valence-corrected chi connectivity index (χ2v) is 4.81. The summed E-state index contributed by atoms with van der Waals surface area (Å²) in [7, 11) is 2.12. The second kappa shape index (κ2) is 5.01. The van der Waals surface area contributed by atoms with E-state index in [1.807, 2.05) is 0 Å². The fraction of sp³-hybridized carbons (Fsp3) is 0.909. The SMILES string of the molecule is CN1CCC(CN2C(=O)OCC2CO)CC1. The van der Waals surface area contributed by atoms with E-state index in [-0.39, 0.29) is 18.7 Å². The van der Waals surface area contributed by atoms with E-state index in [1.165, 1.54) is 0 Å². The molecule has 0 aromatic carbocycles. The van der Waals surface area contributed by atoms with Gasteiger partial charge in [-0.05, 0) is 38.9 Å². The van der Waals surface area contributed by atoms with Gasteiger partial charge in [0.15, 0.2) is 0 Å². The molecule has 0 aliphatic carbocycles. The summed E-state index contributed by atoms with van der Waals surface area (Å²) in [5.74, 6) is 0.552. The van der Waals surface area contributed by atoms with Crippen molar-refractivity contribution in [1.29, 1.82) is 0 Å². The van der Waals surface area contributed by atoms with Crippen LogP contribution in [-0.2, 0) is 4.74 Å². The standard InChI is InChI=1S/C11H20N2O3/c1-12-4-2-9(3-5-12)6-13-10(7-14)8-16-11(13)15/h9-10,14H,2-8H2,1H3. The molecule has 1 unspecified atom stereocenters. The van der Waals surface area contributed by atoms with E-state index in [0.717, 1.165) is 32.5 Å². The van der Waals surface area contributed by atoms with E-state index in [1.54, 1.807) is 4.90 Å². The summed E-state index contributed by atoms with van der Waals surface area (Å²) in [5, 5.41) is 9.14. The van der Waals surface area contributed by atoms with Crippen molar-refractivity contribution in [2.24, 2.45) is 5.92 Å². The Labute approximate surface area is 96.0 Å². The topological polar surface area (TPSA) is 53.0 Å². The Morgan fingerprint density at radius 1 is 1.44 bits per heavy atom. The minimum absolute atomic E-state index is 0.00162. The number of cyclic esters (lactones) is 1. The highest BCUT2D eigenvalue weighted by Gasteiger charge is 2.34. The molecule has 2 fully saturated rings. The number of carbonyl (C=O) groups excluding carboxylic acids is 1. The minimum Gasteiger partial charge on any atom is -0.447 e. The van der Waals surface area contributed by atoms with E-state index >= 15 is 0 Å². The Morgan fingerprint density at radius 2 is 2.12 bits per heavy atom. The third-order valence-corrected chi connectivity index (χ3v) is 3.58. The Balaban J connectivity index is 1.86. The first-order chi connectivity index (χ1) is 7.70. The lowest BCUT2D eigenvalue weighted by Gasteiger charge is -2.32. The van der Waals surface area contributed by atoms with E-state index < -0.39 is 0 Å². The summed E-state index contributed by atoms with van der Waals surface area (Å²) in [6, 6.07) is -0.132. The molecule has 1 amide bonds. The molecule has 2 rings (SSSR count). The van der Waals surface area contributed by atoms with Crippen molar-refractivity contribution in [3.8, 4) is 0 Å². The number of rotatable bonds is 3. The Kier molecular flexibility index (Phi) is 3.66. The molecular weight excluding hydrogens is 208 g/mol. The maximum atomic E-state index is 11.5. The van der Waals surface area contributed by atoms with Crippen LogP contribution in [0.5, 0.6) is 0 Å². The maximum Gasteiger partial charge on any atom is 0.410 e. The molecule has 0 aromatic heterocycles. The number of likely N-dealkylation sites (tertiary alicyclic amines) is 1. The number of carbonyl (C=O) groups is 1. The molecule has 0 saturated carbocycles. The normalized spacial score (nSPS) is 28.5. The largest absolute Gasteiger partial charge is 0.447 e. The number of ether oxygens (including phenoxy) is 1. The summed E-state index contributed by atoms with van der Waals surface area (Å²) in [5.41, 5.74) is 0. The van der Waals surface area contributed by atoms with Crippen LogP contribution < -0.4 is 0 Å². The molecule has 0 aromatic rings. The van der Waals surface area contributed by atoms with Crippen LogP contribution in [0.2, 0.25) is 0 Å². The van der Waals surface area contributed by atoms with Gasteiger partial charge < -0.3 is 14.7 Å². The number of amides is 1. The number of piperidine rings is 1. The molecule has 16 heavy (non-hydrogen) atoms. The van der Waals surface area contributed by atoms with Gasteiger partial charge in [0.2, 0.25) is 0 Å². The highest BCUT2D eigenvalue weighted by atomic mass is 16.6. The summed E-state index contributed by atoms with van der Waals surface area (Å²) in [6.45, 7) is 3.26. The van der Waals surface area contributed by atoms with Crippen molar-refractivity contribution in [2.45, 2.75) is 18.9 Å². The van der Waals surface area contributed by atoms with Gasteiger partial charge in [-0.25, -0.2) is 4.79 Å². The van der Waals surface area contributed by atoms with E-state index in [0.29, 0.717) is 12.5 Å². The van der Waals surface area contributed by atoms with E-state index in [4.69, 9.17) is 9.84 Å². The van der Waals surface area contributed by atoms with Crippen molar-refractivity contribution < 1.29 is 14.6 Å². The molecule has 5 nitrogen and oxygen atoms in total. The minimum atomic E-state index is -0.266. The predicted octanol–water partition coefficient (Wildman–Crippen LogP) is 0.141. The zero-order valence-corrected chi connectivity index (χ0v) is 9.76. The van der Waals surface area contributed by atoms with Crippen molar-refractivity contribution >= 4 is 6.09 Å². The quantitative estimate of drug-likeness (QED) is 0.746. The molecule has 92 valence electrons. The molecule has 1 atom stereocenters. The summed E-state index contributed by atoms with van der Waals surface area (Å²) < 4.78 is 4.95. The van der Waals surface area contributed by atoms with Gasteiger partial charge in [-0.15, -0.1) is 0 Å². The first-order valence-corrected chi connectivity index (χ1v) is 5.93. The first kappa shape index (κ1) is 11.7. The summed E-state index contributed by atoms with van der Waals surface area (Å²) >= 11 is 0. The van der Waals surface area contributed by atoms with E-state index in [2.05, 4.69) is 11.9 Å². The summed E-state index contributed by atoms with van der Waals surface area (Å²) in [6.07, 6.45) is 1.98. The Morgan fingerprint density at radius 3 is 2.75 bits per heavy atom. The molecule has 0 radical (unpaired) electrons. The number of aliphatic hydroxyl groups is 1. The van der Waals surface area contributed by atoms with Crippen molar-refractivity contribution in [3.63, 3.8) is 0 Å². The summed E-state index contributed by atoms with van der Waals surface area (Å²) in [4.78, 5) is 15.5. The Hall–Kier alpha value is -0.810. The fourth-order valence-electron chi connectivity index (χ4n) is 2.39. The number of nitrogens with zero attached hydrogens (tertiary/aromatic N) is 2. The van der Waals surface area contributed by atoms with Gasteiger partial charge in [-0.3, -0.25) is 4.90 Å². The molecule has 0 bridgehead atoms. The number of hydrogen-bond donors (Lipinski definition) is 1. The van der Waals surface area contributed by atoms with Crippen LogP contribution in [0.1, 0.15) is 12.8 Å². The third kappa shape index (κ3) is 2.47. The average molecular weight is 228 g/mol. The Bertz CT molecular complexity index is 252. The van der Waals surface area contributed by atoms with Crippen molar-refractivity contribution in [3.05, 3.63) is 0 Å². The number of hydrogen-bond acceptors (Lipinski definition) is 4. The molecule has 1 N–H and O–H groups in total. The molecule has 2 heterocycles. The van der Waals surface area contributed by atoms with Crippen LogP contribution in [-0.4, -0.2) is 66.9 Å². The number of aliphatic hydroxyl groups excluding tert-OH is 1. The monoisotopic (exact) mass is 228 g/mol. The van der Waals surface area contributed by atoms with Gasteiger partial charge in [-0.1, -0.05) is 0 Å². The van der Waals surface area contributed by atoms with Crippen LogP contribution in [0.15, 0.2) is 0 Å². The van der Waals surface area contributed by atoms with Crippen LogP contribution >= 0.6 is 0 Å². The average Bonchev–Trinajstić information content (AvgIpc) is 2.63. The molecule has 2 aliphatic rings. The lowest BCUT2D eigenvalue weighted by atomic mass is 9.96. The fourth-order valence-corrected chi connectivity index (χ4v) is 2.39. The van der Waals surface area contributed by atoms with Crippen molar-refractivity contribution in [1.82, 2.24) is 9.80 Å². The van der Waals surface area contributed by atoms with Gasteiger partial charge in [-0.2, -0.15) is 0 Å². The maximum absolute atomic E-state index is 11.5. The lowest BCUT2D eigenvalue weighted by Crippen LogP contribution is -2.42. The van der Waals surface area contributed by atoms with Crippen molar-refractivity contribution in [2.75, 3.05) is 39.9 Å². The second-order valence-electron chi connectivity index (χ2n) is 4.81. The predicted molar refractivity (Wildman–Crippen MR) is 59.1 cm³/mol. The van der Waals surface area contributed by atoms with Gasteiger partial charge in [0.1, 0.15) is 6.61 Å². The van der Waals surface area contributed by atoms with Crippen LogP contribution in [0, 0.1) is 5.92 Å². The van der Waals surface area contributed by atoms with Crippen LogP contribution in [0.3, 0.4) is 0 Å². The van der Waals surface area contributed by atoms with E-state index in [9.17, 15) is 4.79 Å². The molecule has 2 saturated heterocycles. The molecule has 2 aliphatic heterocycles. The van der Waals surface area contributed by atoms with Crippen LogP contribution in [0.4, 0.5) is 4.79 Å².